The van der Waals surface area contributed by atoms with Crippen LogP contribution in [0, 0.1) is 5.82 Å². The molecule has 0 saturated carbocycles. The van der Waals surface area contributed by atoms with Gasteiger partial charge < -0.3 is 15.5 Å². The molecule has 0 unspecified atom stereocenters. The molecule has 0 aliphatic carbocycles. The maximum absolute atomic E-state index is 13.2. The van der Waals surface area contributed by atoms with Crippen LogP contribution in [0.3, 0.4) is 0 Å². The Hall–Kier alpha value is -3.07. The predicted molar refractivity (Wildman–Crippen MR) is 127 cm³/mol. The summed E-state index contributed by atoms with van der Waals surface area (Å²) in [6, 6.07) is 6.74. The first-order valence-corrected chi connectivity index (χ1v) is 11.3. The third-order valence-electron chi connectivity index (χ3n) is 5.68. The van der Waals surface area contributed by atoms with E-state index in [-0.39, 0.29) is 5.82 Å². The zero-order valence-electron chi connectivity index (χ0n) is 19.0. The first kappa shape index (κ1) is 22.1. The van der Waals surface area contributed by atoms with Crippen LogP contribution in [0.4, 0.5) is 22.1 Å². The molecule has 4 rings (SSSR count). The molecule has 1 aliphatic rings. The fraction of sp³-hybridized carbons (Fsp3) is 0.478. The van der Waals surface area contributed by atoms with Crippen molar-refractivity contribution >= 4 is 28.7 Å². The highest BCUT2D eigenvalue weighted by atomic mass is 19.1. The van der Waals surface area contributed by atoms with Gasteiger partial charge in [0.1, 0.15) is 16.9 Å². The molecule has 9 heteroatoms. The molecule has 0 radical (unpaired) electrons. The Bertz CT molecular complexity index is 1050. The summed E-state index contributed by atoms with van der Waals surface area (Å²) in [4.78, 5) is 23.6. The van der Waals surface area contributed by atoms with Crippen LogP contribution in [0.5, 0.6) is 0 Å². The molecule has 0 spiro atoms. The van der Waals surface area contributed by atoms with Gasteiger partial charge in [0.25, 0.3) is 0 Å². The molecule has 1 aliphatic heterocycles. The maximum Gasteiger partial charge on any atom is 0.228 e. The van der Waals surface area contributed by atoms with Crippen molar-refractivity contribution in [3.05, 3.63) is 41.3 Å². The van der Waals surface area contributed by atoms with Crippen LogP contribution in [-0.4, -0.2) is 64.6 Å². The second-order valence-electron chi connectivity index (χ2n) is 7.98. The van der Waals surface area contributed by atoms with Gasteiger partial charge >= 0.3 is 0 Å². The number of hydrogen-bond acceptors (Lipinski definition) is 8. The van der Waals surface area contributed by atoms with Crippen LogP contribution >= 0.6 is 0 Å². The van der Waals surface area contributed by atoms with E-state index in [1.54, 1.807) is 0 Å². The Labute approximate surface area is 188 Å². The zero-order chi connectivity index (χ0) is 22.5. The van der Waals surface area contributed by atoms with Crippen LogP contribution in [0.2, 0.25) is 0 Å². The molecule has 170 valence electrons. The van der Waals surface area contributed by atoms with Gasteiger partial charge in [-0.25, -0.2) is 19.3 Å². The number of nitrogens with one attached hydrogen (secondary N) is 2. The minimum Gasteiger partial charge on any atom is -0.371 e. The number of halogens is 1. The third-order valence-corrected chi connectivity index (χ3v) is 5.68. The van der Waals surface area contributed by atoms with Gasteiger partial charge in [-0.2, -0.15) is 4.98 Å². The van der Waals surface area contributed by atoms with Gasteiger partial charge in [-0.15, -0.1) is 0 Å². The van der Waals surface area contributed by atoms with Gasteiger partial charge in [-0.1, -0.05) is 26.0 Å². The number of piperazine rings is 1. The molecular formula is C23H31FN8. The molecule has 8 nitrogen and oxygen atoms in total. The lowest BCUT2D eigenvalue weighted by Crippen LogP contribution is -2.46. The standard InChI is InChI=1S/C23H31FN8/c1-4-10-26-22-27-18(5-2)19-20(28-22)21(25-3)30-23(29-19)32-13-11-31(12-14-32)15-16-6-8-17(24)9-7-16/h6-9H,4-5,10-15H2,1-3H3,(H,25,29,30)(H,26,27,28). The number of benzene rings is 1. The minimum absolute atomic E-state index is 0.198. The smallest absolute Gasteiger partial charge is 0.228 e. The number of hydrogen-bond donors (Lipinski definition) is 2. The largest absolute Gasteiger partial charge is 0.371 e. The number of nitrogens with zero attached hydrogens (tertiary/aromatic N) is 6. The second-order valence-corrected chi connectivity index (χ2v) is 7.98. The average molecular weight is 439 g/mol. The Balaban J connectivity index is 1.53. The van der Waals surface area contributed by atoms with Crippen molar-refractivity contribution in [3.8, 4) is 0 Å². The Kier molecular flexibility index (Phi) is 6.94. The molecule has 1 fully saturated rings. The number of fused-ring (bicyclic) bond motifs is 1. The summed E-state index contributed by atoms with van der Waals surface area (Å²) in [6.07, 6.45) is 1.77. The van der Waals surface area contributed by atoms with E-state index in [0.29, 0.717) is 11.9 Å². The lowest BCUT2D eigenvalue weighted by molar-refractivity contribution is 0.248. The highest BCUT2D eigenvalue weighted by Gasteiger charge is 2.22. The monoisotopic (exact) mass is 438 g/mol. The van der Waals surface area contributed by atoms with Gasteiger partial charge in [0, 0.05) is 46.3 Å². The van der Waals surface area contributed by atoms with Crippen molar-refractivity contribution in [2.45, 2.75) is 33.2 Å². The molecule has 0 amide bonds. The number of rotatable bonds is 8. The van der Waals surface area contributed by atoms with Gasteiger partial charge in [-0.3, -0.25) is 4.90 Å². The number of anilines is 3. The third kappa shape index (κ3) is 4.88. The topological polar surface area (TPSA) is 82.1 Å². The van der Waals surface area contributed by atoms with E-state index in [4.69, 9.17) is 9.97 Å². The van der Waals surface area contributed by atoms with Crippen LogP contribution < -0.4 is 15.5 Å². The molecule has 3 aromatic rings. The normalized spacial score (nSPS) is 14.7. The highest BCUT2D eigenvalue weighted by Crippen LogP contribution is 2.26. The van der Waals surface area contributed by atoms with Crippen molar-refractivity contribution in [1.29, 1.82) is 0 Å². The summed E-state index contributed by atoms with van der Waals surface area (Å²) in [5, 5.41) is 6.47. The van der Waals surface area contributed by atoms with Crippen molar-refractivity contribution < 1.29 is 4.39 Å². The quantitative estimate of drug-likeness (QED) is 0.554. The molecule has 2 aromatic heterocycles. The van der Waals surface area contributed by atoms with Crippen LogP contribution in [0.1, 0.15) is 31.5 Å². The summed E-state index contributed by atoms with van der Waals surface area (Å²) in [5.41, 5.74) is 3.59. The van der Waals surface area contributed by atoms with Crippen LogP contribution in [-0.2, 0) is 13.0 Å². The van der Waals surface area contributed by atoms with E-state index in [2.05, 4.69) is 44.2 Å². The average Bonchev–Trinajstić information content (AvgIpc) is 2.83. The van der Waals surface area contributed by atoms with E-state index < -0.39 is 0 Å². The second kappa shape index (κ2) is 10.0. The lowest BCUT2D eigenvalue weighted by Gasteiger charge is -2.35. The molecule has 2 N–H and O–H groups in total. The minimum atomic E-state index is -0.198. The molecule has 32 heavy (non-hydrogen) atoms. The molecular weight excluding hydrogens is 407 g/mol. The van der Waals surface area contributed by atoms with Crippen molar-refractivity contribution in [1.82, 2.24) is 24.8 Å². The first-order valence-electron chi connectivity index (χ1n) is 11.3. The fourth-order valence-corrected chi connectivity index (χ4v) is 3.89. The van der Waals surface area contributed by atoms with E-state index in [1.165, 1.54) is 12.1 Å². The number of aromatic nitrogens is 4. The first-order chi connectivity index (χ1) is 15.6. The zero-order valence-corrected chi connectivity index (χ0v) is 19.0. The van der Waals surface area contributed by atoms with E-state index in [1.807, 2.05) is 19.2 Å². The van der Waals surface area contributed by atoms with E-state index >= 15 is 0 Å². The summed E-state index contributed by atoms with van der Waals surface area (Å²) < 4.78 is 13.2. The summed E-state index contributed by atoms with van der Waals surface area (Å²) in [7, 11) is 1.86. The highest BCUT2D eigenvalue weighted by molar-refractivity contribution is 5.88. The Morgan fingerprint density at radius 3 is 2.34 bits per heavy atom. The van der Waals surface area contributed by atoms with Gasteiger partial charge in [-0.05, 0) is 30.5 Å². The van der Waals surface area contributed by atoms with E-state index in [9.17, 15) is 4.39 Å². The molecule has 0 bridgehead atoms. The molecule has 1 aromatic carbocycles. The lowest BCUT2D eigenvalue weighted by atomic mass is 10.2. The summed E-state index contributed by atoms with van der Waals surface area (Å²) in [6.45, 7) is 9.28. The summed E-state index contributed by atoms with van der Waals surface area (Å²) in [5.74, 6) is 1.85. The Morgan fingerprint density at radius 1 is 0.938 bits per heavy atom. The van der Waals surface area contributed by atoms with Gasteiger partial charge in [0.2, 0.25) is 11.9 Å². The molecule has 0 atom stereocenters. The van der Waals surface area contributed by atoms with Crippen LogP contribution in [0.25, 0.3) is 11.0 Å². The van der Waals surface area contributed by atoms with Crippen molar-refractivity contribution in [2.75, 3.05) is 55.3 Å². The van der Waals surface area contributed by atoms with Gasteiger partial charge in [0.15, 0.2) is 5.82 Å². The maximum atomic E-state index is 13.2. The van der Waals surface area contributed by atoms with Crippen molar-refractivity contribution in [2.24, 2.45) is 0 Å². The van der Waals surface area contributed by atoms with E-state index in [0.717, 1.165) is 80.2 Å². The Morgan fingerprint density at radius 2 is 1.69 bits per heavy atom. The molecule has 1 saturated heterocycles. The molecule has 3 heterocycles. The van der Waals surface area contributed by atoms with Gasteiger partial charge in [0.05, 0.1) is 5.69 Å². The van der Waals surface area contributed by atoms with Crippen molar-refractivity contribution in [3.63, 3.8) is 0 Å². The van der Waals surface area contributed by atoms with Crippen LogP contribution in [0.15, 0.2) is 24.3 Å². The summed E-state index contributed by atoms with van der Waals surface area (Å²) >= 11 is 0. The number of aryl methyl sites for hydroxylation is 1. The SMILES string of the molecule is CCCNc1nc(CC)c2nc(N3CCN(Cc4ccc(F)cc4)CC3)nc(NC)c2n1. The predicted octanol–water partition coefficient (Wildman–Crippen LogP) is 3.31. The fourth-order valence-electron chi connectivity index (χ4n) is 3.89.